The molecule has 0 aromatic rings. The molecular weight excluding hydrogens is 210 g/mol. The van der Waals surface area contributed by atoms with E-state index in [0.717, 1.165) is 12.5 Å². The van der Waals surface area contributed by atoms with Gasteiger partial charge in [-0.2, -0.15) is 0 Å². The highest BCUT2D eigenvalue weighted by atomic mass is 32.2. The van der Waals surface area contributed by atoms with Crippen LogP contribution in [0.4, 0.5) is 0 Å². The lowest BCUT2D eigenvalue weighted by Crippen LogP contribution is -2.34. The molecule has 0 bridgehead atoms. The van der Waals surface area contributed by atoms with Crippen LogP contribution in [0.15, 0.2) is 11.5 Å². The lowest BCUT2D eigenvalue weighted by molar-refractivity contribution is 0.338. The summed E-state index contributed by atoms with van der Waals surface area (Å²) in [6.07, 6.45) is 8.43. The van der Waals surface area contributed by atoms with Gasteiger partial charge >= 0.3 is 0 Å². The Balaban J connectivity index is 1.72. The van der Waals surface area contributed by atoms with Gasteiger partial charge in [0, 0.05) is 11.4 Å². The summed E-state index contributed by atoms with van der Waals surface area (Å²) < 4.78 is 22.3. The molecule has 1 saturated carbocycles. The molecule has 86 valence electrons. The van der Waals surface area contributed by atoms with E-state index in [1.807, 2.05) is 0 Å². The molecule has 0 saturated heterocycles. The molecular formula is C11H19NO2S. The Morgan fingerprint density at radius 3 is 2.53 bits per heavy atom. The molecule has 0 spiro atoms. The van der Waals surface area contributed by atoms with Gasteiger partial charge in [0.25, 0.3) is 0 Å². The summed E-state index contributed by atoms with van der Waals surface area (Å²) in [5, 5.41) is 4.68. The second-order valence-electron chi connectivity index (χ2n) is 4.68. The summed E-state index contributed by atoms with van der Waals surface area (Å²) in [6.45, 7) is 0.977. The lowest BCUT2D eigenvalue weighted by Gasteiger charge is -2.23. The van der Waals surface area contributed by atoms with Crippen molar-refractivity contribution in [2.75, 3.05) is 12.3 Å². The van der Waals surface area contributed by atoms with E-state index in [2.05, 4.69) is 5.32 Å². The molecule has 2 aliphatic rings. The predicted molar refractivity (Wildman–Crippen MR) is 61.3 cm³/mol. The summed E-state index contributed by atoms with van der Waals surface area (Å²) in [5.41, 5.74) is 0. The fourth-order valence-electron chi connectivity index (χ4n) is 2.41. The first-order valence-corrected chi connectivity index (χ1v) is 7.52. The van der Waals surface area contributed by atoms with Crippen LogP contribution in [0.25, 0.3) is 0 Å². The van der Waals surface area contributed by atoms with E-state index in [1.54, 1.807) is 6.08 Å². The molecule has 0 aromatic heterocycles. The SMILES string of the molecule is O=S1(=O)C=CC(NCC2CCCCC2)C1. The zero-order chi connectivity index (χ0) is 10.7. The Morgan fingerprint density at radius 2 is 1.93 bits per heavy atom. The van der Waals surface area contributed by atoms with E-state index in [-0.39, 0.29) is 11.8 Å². The van der Waals surface area contributed by atoms with Crippen LogP contribution in [0.3, 0.4) is 0 Å². The predicted octanol–water partition coefficient (Wildman–Crippen LogP) is 1.47. The van der Waals surface area contributed by atoms with Gasteiger partial charge in [0.2, 0.25) is 0 Å². The van der Waals surface area contributed by atoms with Crippen molar-refractivity contribution in [1.82, 2.24) is 5.32 Å². The average Bonchev–Trinajstić information content (AvgIpc) is 2.57. The van der Waals surface area contributed by atoms with Gasteiger partial charge in [0.05, 0.1) is 5.75 Å². The minimum Gasteiger partial charge on any atom is -0.309 e. The number of hydrogen-bond acceptors (Lipinski definition) is 3. The molecule has 0 radical (unpaired) electrons. The van der Waals surface area contributed by atoms with E-state index in [1.165, 1.54) is 37.5 Å². The molecule has 1 aliphatic heterocycles. The summed E-state index contributed by atoms with van der Waals surface area (Å²) in [4.78, 5) is 0. The maximum absolute atomic E-state index is 11.2. The van der Waals surface area contributed by atoms with Crippen LogP contribution in [0.5, 0.6) is 0 Å². The van der Waals surface area contributed by atoms with Crippen molar-refractivity contribution in [2.24, 2.45) is 5.92 Å². The van der Waals surface area contributed by atoms with Gasteiger partial charge in [0.15, 0.2) is 9.84 Å². The van der Waals surface area contributed by atoms with Crippen molar-refractivity contribution in [3.8, 4) is 0 Å². The summed E-state index contributed by atoms with van der Waals surface area (Å²) in [6, 6.07) is 0.0527. The van der Waals surface area contributed by atoms with Crippen molar-refractivity contribution in [3.05, 3.63) is 11.5 Å². The number of sulfone groups is 1. The second kappa shape index (κ2) is 4.66. The van der Waals surface area contributed by atoms with Crippen molar-refractivity contribution in [1.29, 1.82) is 0 Å². The third-order valence-electron chi connectivity index (χ3n) is 3.32. The molecule has 2 rings (SSSR count). The van der Waals surface area contributed by atoms with Gasteiger partial charge < -0.3 is 5.32 Å². The first-order valence-electron chi connectivity index (χ1n) is 5.80. The fourth-order valence-corrected chi connectivity index (χ4v) is 3.68. The highest BCUT2D eigenvalue weighted by molar-refractivity contribution is 7.94. The first-order chi connectivity index (χ1) is 7.16. The molecule has 1 unspecified atom stereocenters. The zero-order valence-electron chi connectivity index (χ0n) is 8.98. The average molecular weight is 229 g/mol. The van der Waals surface area contributed by atoms with E-state index in [0.29, 0.717) is 0 Å². The molecule has 4 heteroatoms. The molecule has 1 fully saturated rings. The van der Waals surface area contributed by atoms with Gasteiger partial charge in [-0.25, -0.2) is 8.42 Å². The fraction of sp³-hybridized carbons (Fsp3) is 0.818. The third-order valence-corrected chi connectivity index (χ3v) is 4.72. The molecule has 3 nitrogen and oxygen atoms in total. The number of nitrogens with one attached hydrogen (secondary N) is 1. The maximum atomic E-state index is 11.2. The van der Waals surface area contributed by atoms with E-state index < -0.39 is 9.84 Å². The standard InChI is InChI=1S/C11H19NO2S/c13-15(14)7-6-11(9-15)12-8-10-4-2-1-3-5-10/h6-7,10-12H,1-5,8-9H2. The molecule has 1 heterocycles. The second-order valence-corrected chi connectivity index (χ2v) is 6.61. The third kappa shape index (κ3) is 3.31. The normalized spacial score (nSPS) is 30.8. The Bertz CT molecular complexity index is 328. The van der Waals surface area contributed by atoms with Crippen molar-refractivity contribution < 1.29 is 8.42 Å². The molecule has 0 aromatic carbocycles. The maximum Gasteiger partial charge on any atom is 0.173 e. The first kappa shape index (κ1) is 11.1. The van der Waals surface area contributed by atoms with Gasteiger partial charge in [-0.3, -0.25) is 0 Å². The largest absolute Gasteiger partial charge is 0.309 e. The lowest BCUT2D eigenvalue weighted by atomic mass is 9.89. The van der Waals surface area contributed by atoms with Crippen LogP contribution in [-0.4, -0.2) is 26.8 Å². The zero-order valence-corrected chi connectivity index (χ0v) is 9.80. The highest BCUT2D eigenvalue weighted by Crippen LogP contribution is 2.23. The van der Waals surface area contributed by atoms with Crippen molar-refractivity contribution in [3.63, 3.8) is 0 Å². The van der Waals surface area contributed by atoms with E-state index >= 15 is 0 Å². The minimum atomic E-state index is -2.89. The topological polar surface area (TPSA) is 46.2 Å². The van der Waals surface area contributed by atoms with Gasteiger partial charge in [-0.15, -0.1) is 0 Å². The van der Waals surface area contributed by atoms with Crippen LogP contribution < -0.4 is 5.32 Å². The molecule has 1 atom stereocenters. The highest BCUT2D eigenvalue weighted by Gasteiger charge is 2.22. The van der Waals surface area contributed by atoms with Crippen LogP contribution in [-0.2, 0) is 9.84 Å². The van der Waals surface area contributed by atoms with Crippen LogP contribution in [0, 0.1) is 5.92 Å². The Hall–Kier alpha value is -0.350. The minimum absolute atomic E-state index is 0.0527. The van der Waals surface area contributed by atoms with Crippen LogP contribution in [0.1, 0.15) is 32.1 Å². The molecule has 1 N–H and O–H groups in total. The number of hydrogen-bond donors (Lipinski definition) is 1. The summed E-state index contributed by atoms with van der Waals surface area (Å²) in [7, 11) is -2.89. The summed E-state index contributed by atoms with van der Waals surface area (Å²) >= 11 is 0. The smallest absolute Gasteiger partial charge is 0.173 e. The van der Waals surface area contributed by atoms with E-state index in [9.17, 15) is 8.42 Å². The van der Waals surface area contributed by atoms with Crippen LogP contribution >= 0.6 is 0 Å². The van der Waals surface area contributed by atoms with Gasteiger partial charge in [0.1, 0.15) is 0 Å². The molecule has 0 amide bonds. The Labute approximate surface area is 91.9 Å². The molecule has 15 heavy (non-hydrogen) atoms. The quantitative estimate of drug-likeness (QED) is 0.797. The van der Waals surface area contributed by atoms with Gasteiger partial charge in [-0.05, 0) is 25.3 Å². The Morgan fingerprint density at radius 1 is 1.20 bits per heavy atom. The summed E-state index contributed by atoms with van der Waals surface area (Å²) in [5.74, 6) is 1.01. The van der Waals surface area contributed by atoms with Crippen molar-refractivity contribution >= 4 is 9.84 Å². The van der Waals surface area contributed by atoms with Crippen molar-refractivity contribution in [2.45, 2.75) is 38.1 Å². The Kier molecular flexibility index (Phi) is 3.46. The molecule has 1 aliphatic carbocycles. The van der Waals surface area contributed by atoms with E-state index in [4.69, 9.17) is 0 Å². The number of rotatable bonds is 3. The van der Waals surface area contributed by atoms with Gasteiger partial charge in [-0.1, -0.05) is 25.3 Å². The van der Waals surface area contributed by atoms with Crippen LogP contribution in [0.2, 0.25) is 0 Å². The monoisotopic (exact) mass is 229 g/mol.